The lowest BCUT2D eigenvalue weighted by atomic mass is 9.96. The number of rotatable bonds is 10. The summed E-state index contributed by atoms with van der Waals surface area (Å²) in [5.41, 5.74) is 0. The normalized spacial score (nSPS) is 51.9. The van der Waals surface area contributed by atoms with Gasteiger partial charge in [-0.25, -0.2) is 4.79 Å². The summed E-state index contributed by atoms with van der Waals surface area (Å²) in [4.78, 5) is 11.4. The lowest BCUT2D eigenvalue weighted by Crippen LogP contribution is -2.67. The van der Waals surface area contributed by atoms with Crippen molar-refractivity contribution < 1.29 is 109 Å². The van der Waals surface area contributed by atoms with Crippen LogP contribution in [0.1, 0.15) is 0 Å². The molecule has 0 amide bonds. The molecule has 0 bridgehead atoms. The molecule has 4 saturated heterocycles. The highest BCUT2D eigenvalue weighted by Gasteiger charge is 2.54. The van der Waals surface area contributed by atoms with Crippen LogP contribution in [0.2, 0.25) is 0 Å². The van der Waals surface area contributed by atoms with Crippen LogP contribution >= 0.6 is 0 Å². The van der Waals surface area contributed by atoms with Gasteiger partial charge in [-0.15, -0.1) is 0 Å². The second kappa shape index (κ2) is 15.5. The predicted molar refractivity (Wildman–Crippen MR) is 134 cm³/mol. The van der Waals surface area contributed by atoms with Crippen LogP contribution in [-0.2, 0) is 38.0 Å². The second-order valence-corrected chi connectivity index (χ2v) is 11.2. The predicted octanol–water partition coefficient (Wildman–Crippen LogP) is -9.66. The van der Waals surface area contributed by atoms with Gasteiger partial charge in [-0.3, -0.25) is 0 Å². The van der Waals surface area contributed by atoms with Crippen LogP contribution in [-0.4, -0.2) is 220 Å². The molecule has 14 N–H and O–H groups in total. The minimum Gasteiger partial charge on any atom is -0.479 e. The third-order valence-electron chi connectivity index (χ3n) is 8.15. The van der Waals surface area contributed by atoms with Crippen molar-refractivity contribution in [3.8, 4) is 0 Å². The first-order chi connectivity index (χ1) is 21.6. The fraction of sp³-hybridized carbons (Fsp3) is 0.958. The molecule has 4 fully saturated rings. The molecule has 0 aromatic rings. The highest BCUT2D eigenvalue weighted by molar-refractivity contribution is 5.73. The van der Waals surface area contributed by atoms with Crippen LogP contribution in [0, 0.1) is 0 Å². The topological polar surface area (TPSA) is 365 Å². The summed E-state index contributed by atoms with van der Waals surface area (Å²) in [5.74, 6) is -1.72. The van der Waals surface area contributed by atoms with Gasteiger partial charge in [0.2, 0.25) is 0 Å². The van der Waals surface area contributed by atoms with Gasteiger partial charge >= 0.3 is 5.97 Å². The highest BCUT2D eigenvalue weighted by atomic mass is 16.8. The molecule has 22 heteroatoms. The summed E-state index contributed by atoms with van der Waals surface area (Å²) in [6, 6.07) is 0. The van der Waals surface area contributed by atoms with Crippen LogP contribution in [0.4, 0.5) is 0 Å². The van der Waals surface area contributed by atoms with E-state index in [9.17, 15) is 76.3 Å². The quantitative estimate of drug-likeness (QED) is 0.102. The van der Waals surface area contributed by atoms with Crippen molar-refractivity contribution in [2.75, 3.05) is 19.8 Å². The van der Waals surface area contributed by atoms with E-state index in [1.165, 1.54) is 0 Å². The number of hydrogen-bond acceptors (Lipinski definition) is 21. The number of aliphatic hydroxyl groups excluding tert-OH is 13. The Morgan fingerprint density at radius 3 is 1.57 bits per heavy atom. The Morgan fingerprint density at radius 2 is 0.978 bits per heavy atom. The molecule has 4 rings (SSSR count). The number of carbonyl (C=O) groups is 1. The number of hydrogen-bond donors (Lipinski definition) is 14. The first-order valence-electron chi connectivity index (χ1n) is 14.1. The van der Waals surface area contributed by atoms with E-state index in [2.05, 4.69) is 0 Å². The smallest absolute Gasteiger partial charge is 0.335 e. The highest BCUT2D eigenvalue weighted by Crippen LogP contribution is 2.33. The summed E-state index contributed by atoms with van der Waals surface area (Å²) in [6.07, 6.45) is -38.2. The zero-order chi connectivity index (χ0) is 34.2. The van der Waals surface area contributed by atoms with Crippen LogP contribution in [0.25, 0.3) is 0 Å². The van der Waals surface area contributed by atoms with E-state index < -0.39 is 149 Å². The molecule has 0 unspecified atom stereocenters. The molecule has 0 radical (unpaired) electrons. The molecular weight excluding hydrogens is 640 g/mol. The van der Waals surface area contributed by atoms with Crippen molar-refractivity contribution in [3.63, 3.8) is 0 Å². The Bertz CT molecular complexity index is 990. The largest absolute Gasteiger partial charge is 0.479 e. The minimum absolute atomic E-state index is 0.849. The van der Waals surface area contributed by atoms with Crippen molar-refractivity contribution >= 4 is 5.97 Å². The number of carboxylic acid groups (broad SMARTS) is 1. The number of carboxylic acids is 1. The van der Waals surface area contributed by atoms with E-state index in [-0.39, 0.29) is 0 Å². The maximum absolute atomic E-state index is 11.4. The average Bonchev–Trinajstić information content (AvgIpc) is 3.02. The molecule has 4 heterocycles. The van der Waals surface area contributed by atoms with E-state index in [1.807, 2.05) is 0 Å². The lowest BCUT2D eigenvalue weighted by molar-refractivity contribution is -0.383. The van der Waals surface area contributed by atoms with Crippen LogP contribution < -0.4 is 0 Å². The summed E-state index contributed by atoms with van der Waals surface area (Å²) in [5, 5.41) is 142. The first-order valence-corrected chi connectivity index (χ1v) is 14.1. The molecule has 0 aromatic carbocycles. The van der Waals surface area contributed by atoms with Crippen molar-refractivity contribution in [2.45, 2.75) is 123 Å². The SMILES string of the molecule is O=C(O)[C@H]1O[C@@H](OC[C@H]2O[C@@H](O[C@@H]3[C@@H](O)[C@H](O)O[C@H](CO)[C@@H]3O)[C@H](O)[C@@H](O[C@@H]3O[C@H](CO)[C@H](O)[C@H](O)[C@H]3O)[C@H]2O)[C@H](O)[C@@H](O)[C@@H]1O. The van der Waals surface area contributed by atoms with Gasteiger partial charge in [-0.05, 0) is 0 Å². The van der Waals surface area contributed by atoms with Crippen molar-refractivity contribution in [1.29, 1.82) is 0 Å². The molecule has 0 aromatic heterocycles. The number of ether oxygens (including phenoxy) is 7. The third-order valence-corrected chi connectivity index (χ3v) is 8.15. The summed E-state index contributed by atoms with van der Waals surface area (Å²) in [7, 11) is 0. The average molecular weight is 681 g/mol. The lowest BCUT2D eigenvalue weighted by Gasteiger charge is -2.48. The molecule has 0 spiro atoms. The van der Waals surface area contributed by atoms with Crippen molar-refractivity contribution in [3.05, 3.63) is 0 Å². The second-order valence-electron chi connectivity index (χ2n) is 11.2. The first kappa shape index (κ1) is 37.5. The van der Waals surface area contributed by atoms with Gasteiger partial charge in [0.05, 0.1) is 19.8 Å². The molecule has 0 saturated carbocycles. The standard InChI is InChI=1S/C24H40O22/c25-1-4-7(27)10(30)14(34)23(42-4)45-18-9(29)6(3-40-22-13(33)11(31)12(32)19(46-22)20(37)38)43-24(16(18)36)44-17-8(28)5(2-26)41-21(39)15(17)35/h4-19,21-36,39H,1-3H2,(H,37,38)/t4-,5-,6-,7+,8+,9+,10+,11+,12+,13-,14-,15-,16-,17+,18+,19+,21-,22-,23+,24+/m1/s1. The summed E-state index contributed by atoms with van der Waals surface area (Å²) < 4.78 is 37.1. The Kier molecular flexibility index (Phi) is 12.6. The molecule has 46 heavy (non-hydrogen) atoms. The van der Waals surface area contributed by atoms with Gasteiger partial charge in [-0.1, -0.05) is 0 Å². The van der Waals surface area contributed by atoms with Gasteiger partial charge in [0.15, 0.2) is 31.3 Å². The summed E-state index contributed by atoms with van der Waals surface area (Å²) in [6.45, 7) is -2.58. The molecule has 22 nitrogen and oxygen atoms in total. The maximum atomic E-state index is 11.4. The Hall–Kier alpha value is -1.33. The zero-order valence-electron chi connectivity index (χ0n) is 23.7. The number of aliphatic hydroxyl groups is 13. The van der Waals surface area contributed by atoms with E-state index in [4.69, 9.17) is 33.2 Å². The molecular formula is C24H40O22. The van der Waals surface area contributed by atoms with E-state index in [0.29, 0.717) is 0 Å². The monoisotopic (exact) mass is 680 g/mol. The maximum Gasteiger partial charge on any atom is 0.335 e. The number of aliphatic carboxylic acids is 1. The van der Waals surface area contributed by atoms with Gasteiger partial charge < -0.3 is 105 Å². The Balaban J connectivity index is 1.57. The minimum atomic E-state index is -2.12. The summed E-state index contributed by atoms with van der Waals surface area (Å²) >= 11 is 0. The Labute approximate surface area is 258 Å². The molecule has 0 aliphatic carbocycles. The van der Waals surface area contributed by atoms with E-state index in [0.717, 1.165) is 0 Å². The van der Waals surface area contributed by atoms with Gasteiger partial charge in [0.1, 0.15) is 91.6 Å². The van der Waals surface area contributed by atoms with E-state index in [1.54, 1.807) is 0 Å². The molecule has 4 aliphatic rings. The van der Waals surface area contributed by atoms with Gasteiger partial charge in [0.25, 0.3) is 0 Å². The zero-order valence-corrected chi connectivity index (χ0v) is 23.7. The molecule has 268 valence electrons. The van der Waals surface area contributed by atoms with Crippen molar-refractivity contribution in [2.24, 2.45) is 0 Å². The Morgan fingerprint density at radius 1 is 0.500 bits per heavy atom. The van der Waals surface area contributed by atoms with Gasteiger partial charge in [0, 0.05) is 0 Å². The fourth-order valence-corrected chi connectivity index (χ4v) is 5.41. The van der Waals surface area contributed by atoms with Crippen LogP contribution in [0.15, 0.2) is 0 Å². The van der Waals surface area contributed by atoms with E-state index >= 15 is 0 Å². The van der Waals surface area contributed by atoms with Crippen LogP contribution in [0.5, 0.6) is 0 Å². The fourth-order valence-electron chi connectivity index (χ4n) is 5.41. The van der Waals surface area contributed by atoms with Crippen LogP contribution in [0.3, 0.4) is 0 Å². The molecule has 4 aliphatic heterocycles. The van der Waals surface area contributed by atoms with Crippen molar-refractivity contribution in [1.82, 2.24) is 0 Å². The third kappa shape index (κ3) is 7.46. The molecule has 20 atom stereocenters. The van der Waals surface area contributed by atoms with Gasteiger partial charge in [-0.2, -0.15) is 0 Å².